The highest BCUT2D eigenvalue weighted by molar-refractivity contribution is 5.95. The third kappa shape index (κ3) is 3.16. The van der Waals surface area contributed by atoms with E-state index in [1.165, 1.54) is 5.56 Å². The van der Waals surface area contributed by atoms with E-state index >= 15 is 0 Å². The van der Waals surface area contributed by atoms with Crippen LogP contribution in [-0.2, 0) is 11.2 Å². The molecule has 1 aromatic carbocycles. The number of carbonyl (C=O) groups excluding carboxylic acids is 1. The monoisotopic (exact) mass is 260 g/mol. The van der Waals surface area contributed by atoms with Crippen molar-refractivity contribution in [1.29, 1.82) is 0 Å². The highest BCUT2D eigenvalue weighted by Crippen LogP contribution is 2.31. The molecule has 1 aliphatic heterocycles. The molecule has 0 spiro atoms. The van der Waals surface area contributed by atoms with E-state index in [2.05, 4.69) is 19.9 Å². The van der Waals surface area contributed by atoms with Gasteiger partial charge in [0.1, 0.15) is 0 Å². The molecule has 0 aliphatic carbocycles. The van der Waals surface area contributed by atoms with Gasteiger partial charge in [0.05, 0.1) is 0 Å². The molecule has 2 rings (SSSR count). The molecule has 19 heavy (non-hydrogen) atoms. The van der Waals surface area contributed by atoms with E-state index in [1.807, 2.05) is 23.1 Å². The van der Waals surface area contributed by atoms with Crippen LogP contribution in [0.4, 0.5) is 5.69 Å². The Morgan fingerprint density at radius 2 is 2.21 bits per heavy atom. The molecule has 1 aromatic rings. The Bertz CT molecular complexity index is 444. The van der Waals surface area contributed by atoms with Crippen LogP contribution in [0.5, 0.6) is 0 Å². The smallest absolute Gasteiger partial charge is 0.228 e. The average molecular weight is 260 g/mol. The predicted molar refractivity (Wildman–Crippen MR) is 79.2 cm³/mol. The Labute approximate surface area is 115 Å². The Morgan fingerprint density at radius 1 is 1.47 bits per heavy atom. The summed E-state index contributed by atoms with van der Waals surface area (Å²) in [6, 6.07) is 8.47. The van der Waals surface area contributed by atoms with Crippen molar-refractivity contribution in [3.8, 4) is 0 Å². The summed E-state index contributed by atoms with van der Waals surface area (Å²) in [7, 11) is 0. The van der Waals surface area contributed by atoms with Crippen molar-refractivity contribution in [3.63, 3.8) is 0 Å². The minimum atomic E-state index is -0.0150. The second-order valence-corrected chi connectivity index (χ2v) is 5.53. The summed E-state index contributed by atoms with van der Waals surface area (Å²) in [4.78, 5) is 14.5. The average Bonchev–Trinajstić information content (AvgIpc) is 2.38. The highest BCUT2D eigenvalue weighted by atomic mass is 16.2. The molecule has 1 amide bonds. The third-order valence-electron chi connectivity index (χ3n) is 3.89. The van der Waals surface area contributed by atoms with E-state index in [1.54, 1.807) is 0 Å². The highest BCUT2D eigenvalue weighted by Gasteiger charge is 2.28. The van der Waals surface area contributed by atoms with E-state index in [9.17, 15) is 4.79 Å². The quantitative estimate of drug-likeness (QED) is 0.904. The van der Waals surface area contributed by atoms with E-state index in [-0.39, 0.29) is 18.0 Å². The number of para-hydroxylation sites is 1. The molecule has 0 fully saturated rings. The first-order valence-corrected chi connectivity index (χ1v) is 7.29. The van der Waals surface area contributed by atoms with Crippen LogP contribution in [0.1, 0.15) is 45.1 Å². The summed E-state index contributed by atoms with van der Waals surface area (Å²) in [5.41, 5.74) is 8.36. The van der Waals surface area contributed by atoms with Gasteiger partial charge in [-0.05, 0) is 37.8 Å². The summed E-state index contributed by atoms with van der Waals surface area (Å²) < 4.78 is 0. The Morgan fingerprint density at radius 3 is 2.95 bits per heavy atom. The standard InChI is InChI=1S/C16H24N2O/c1-3-6-14(17)11-16(19)18-12(2)9-10-13-7-4-5-8-15(13)18/h4-5,7-8,12,14H,3,6,9-11,17H2,1-2H3. The number of amides is 1. The van der Waals surface area contributed by atoms with E-state index in [0.717, 1.165) is 31.4 Å². The first-order valence-electron chi connectivity index (χ1n) is 7.29. The van der Waals surface area contributed by atoms with Crippen LogP contribution in [0, 0.1) is 0 Å². The molecule has 1 heterocycles. The molecule has 0 radical (unpaired) electrons. The molecule has 0 bridgehead atoms. The van der Waals surface area contributed by atoms with Gasteiger partial charge >= 0.3 is 0 Å². The van der Waals surface area contributed by atoms with Gasteiger partial charge in [0.25, 0.3) is 0 Å². The lowest BCUT2D eigenvalue weighted by Gasteiger charge is -2.36. The fourth-order valence-corrected chi connectivity index (χ4v) is 2.86. The molecule has 3 nitrogen and oxygen atoms in total. The Kier molecular flexibility index (Phi) is 4.59. The summed E-state index contributed by atoms with van der Waals surface area (Å²) >= 11 is 0. The van der Waals surface area contributed by atoms with Crippen LogP contribution in [-0.4, -0.2) is 18.0 Å². The second kappa shape index (κ2) is 6.20. The van der Waals surface area contributed by atoms with E-state index < -0.39 is 0 Å². The van der Waals surface area contributed by atoms with Crippen molar-refractivity contribution >= 4 is 11.6 Å². The zero-order chi connectivity index (χ0) is 13.8. The molecule has 2 unspecified atom stereocenters. The van der Waals surface area contributed by atoms with Crippen molar-refractivity contribution in [3.05, 3.63) is 29.8 Å². The molecular weight excluding hydrogens is 236 g/mol. The Balaban J connectivity index is 2.16. The third-order valence-corrected chi connectivity index (χ3v) is 3.89. The zero-order valence-electron chi connectivity index (χ0n) is 11.9. The summed E-state index contributed by atoms with van der Waals surface area (Å²) in [5, 5.41) is 0. The van der Waals surface area contributed by atoms with Crippen LogP contribution < -0.4 is 10.6 Å². The zero-order valence-corrected chi connectivity index (χ0v) is 11.9. The summed E-state index contributed by atoms with van der Waals surface area (Å²) in [6.07, 6.45) is 4.48. The minimum Gasteiger partial charge on any atom is -0.327 e. The number of fused-ring (bicyclic) bond motifs is 1. The summed E-state index contributed by atoms with van der Waals surface area (Å²) in [5.74, 6) is 0.167. The SMILES string of the molecule is CCCC(N)CC(=O)N1c2ccccc2CCC1C. The Hall–Kier alpha value is -1.35. The molecule has 0 aromatic heterocycles. The van der Waals surface area contributed by atoms with Crippen LogP contribution in [0.2, 0.25) is 0 Å². The summed E-state index contributed by atoms with van der Waals surface area (Å²) in [6.45, 7) is 4.22. The maximum atomic E-state index is 12.5. The first kappa shape index (κ1) is 14.1. The van der Waals surface area contributed by atoms with Crippen molar-refractivity contribution in [1.82, 2.24) is 0 Å². The topological polar surface area (TPSA) is 46.3 Å². The lowest BCUT2D eigenvalue weighted by Crippen LogP contribution is -2.44. The van der Waals surface area contributed by atoms with Crippen molar-refractivity contribution < 1.29 is 4.79 Å². The number of nitrogens with two attached hydrogens (primary N) is 1. The number of aryl methyl sites for hydroxylation is 1. The predicted octanol–water partition coefficient (Wildman–Crippen LogP) is 2.87. The van der Waals surface area contributed by atoms with Crippen LogP contribution >= 0.6 is 0 Å². The van der Waals surface area contributed by atoms with Gasteiger partial charge in [-0.2, -0.15) is 0 Å². The largest absolute Gasteiger partial charge is 0.327 e. The van der Waals surface area contributed by atoms with Gasteiger partial charge in [-0.25, -0.2) is 0 Å². The molecule has 0 saturated heterocycles. The van der Waals surface area contributed by atoms with Gasteiger partial charge in [0, 0.05) is 24.2 Å². The first-order chi connectivity index (χ1) is 9.13. The molecule has 3 heteroatoms. The van der Waals surface area contributed by atoms with Crippen LogP contribution in [0.25, 0.3) is 0 Å². The van der Waals surface area contributed by atoms with Gasteiger partial charge in [-0.3, -0.25) is 4.79 Å². The number of benzene rings is 1. The lowest BCUT2D eigenvalue weighted by molar-refractivity contribution is -0.119. The molecule has 0 saturated carbocycles. The number of nitrogens with zero attached hydrogens (tertiary/aromatic N) is 1. The van der Waals surface area contributed by atoms with Gasteiger partial charge in [-0.15, -0.1) is 0 Å². The minimum absolute atomic E-state index is 0.0150. The maximum Gasteiger partial charge on any atom is 0.228 e. The fraction of sp³-hybridized carbons (Fsp3) is 0.562. The van der Waals surface area contributed by atoms with Gasteiger partial charge in [0.2, 0.25) is 5.91 Å². The second-order valence-electron chi connectivity index (χ2n) is 5.53. The maximum absolute atomic E-state index is 12.5. The lowest BCUT2D eigenvalue weighted by atomic mass is 9.95. The van der Waals surface area contributed by atoms with Crippen molar-refractivity contribution in [2.45, 2.75) is 58.0 Å². The van der Waals surface area contributed by atoms with E-state index in [0.29, 0.717) is 6.42 Å². The molecule has 104 valence electrons. The van der Waals surface area contributed by atoms with Gasteiger partial charge in [0.15, 0.2) is 0 Å². The molecular formula is C16H24N2O. The van der Waals surface area contributed by atoms with Gasteiger partial charge in [-0.1, -0.05) is 31.5 Å². The molecule has 2 N–H and O–H groups in total. The van der Waals surface area contributed by atoms with Crippen molar-refractivity contribution in [2.75, 3.05) is 4.90 Å². The number of rotatable bonds is 4. The number of hydrogen-bond donors (Lipinski definition) is 1. The fourth-order valence-electron chi connectivity index (χ4n) is 2.86. The van der Waals surface area contributed by atoms with Crippen molar-refractivity contribution in [2.24, 2.45) is 5.73 Å². The molecule has 1 aliphatic rings. The number of carbonyl (C=O) groups is 1. The number of anilines is 1. The van der Waals surface area contributed by atoms with Gasteiger partial charge < -0.3 is 10.6 Å². The molecule has 2 atom stereocenters. The number of hydrogen-bond acceptors (Lipinski definition) is 2. The van der Waals surface area contributed by atoms with Crippen LogP contribution in [0.3, 0.4) is 0 Å². The van der Waals surface area contributed by atoms with E-state index in [4.69, 9.17) is 5.73 Å². The normalized spacial score (nSPS) is 19.9. The van der Waals surface area contributed by atoms with Crippen LogP contribution in [0.15, 0.2) is 24.3 Å².